The predicted molar refractivity (Wildman–Crippen MR) is 256 cm³/mol. The number of amides is 2. The summed E-state index contributed by atoms with van der Waals surface area (Å²) in [6.07, 6.45) is 8.00. The number of ether oxygens (including phenoxy) is 5. The van der Waals surface area contributed by atoms with Gasteiger partial charge in [-0.2, -0.15) is 9.61 Å². The van der Waals surface area contributed by atoms with Gasteiger partial charge in [0, 0.05) is 70.7 Å². The number of piperidine rings is 1. The molecule has 2 aliphatic heterocycles. The van der Waals surface area contributed by atoms with Crippen LogP contribution in [-0.4, -0.2) is 115 Å². The molecule has 63 heavy (non-hydrogen) atoms. The van der Waals surface area contributed by atoms with Crippen molar-refractivity contribution in [3.8, 4) is 11.1 Å². The van der Waals surface area contributed by atoms with Gasteiger partial charge < -0.3 is 33.5 Å². The van der Waals surface area contributed by atoms with E-state index in [1.807, 2.05) is 76.2 Å². The molecule has 3 aromatic rings. The minimum atomic E-state index is -1.38. The average molecular weight is 906 g/mol. The lowest BCUT2D eigenvalue weighted by molar-refractivity contribution is 0.00564. The molecule has 0 spiro atoms. The van der Waals surface area contributed by atoms with Crippen molar-refractivity contribution in [3.05, 3.63) is 42.4 Å². The van der Waals surface area contributed by atoms with E-state index in [1.165, 1.54) is 0 Å². The van der Waals surface area contributed by atoms with E-state index in [4.69, 9.17) is 38.8 Å². The molecule has 2 bridgehead atoms. The van der Waals surface area contributed by atoms with Gasteiger partial charge in [0.1, 0.15) is 42.1 Å². The van der Waals surface area contributed by atoms with Gasteiger partial charge in [0.05, 0.1) is 24.1 Å². The van der Waals surface area contributed by atoms with E-state index in [9.17, 15) is 9.59 Å². The summed E-state index contributed by atoms with van der Waals surface area (Å²) >= 11 is 0. The smallest absolute Gasteiger partial charge is 0.416 e. The fourth-order valence-electron chi connectivity index (χ4n) is 8.34. The van der Waals surface area contributed by atoms with E-state index in [1.54, 1.807) is 11.1 Å². The Hall–Kier alpha value is -4.00. The molecule has 1 aliphatic carbocycles. The van der Waals surface area contributed by atoms with Crippen LogP contribution < -0.4 is 9.80 Å². The molecule has 0 N–H and O–H groups in total. The lowest BCUT2D eigenvalue weighted by Crippen LogP contribution is -2.48. The van der Waals surface area contributed by atoms with Crippen molar-refractivity contribution in [2.75, 3.05) is 43.1 Å². The largest absolute Gasteiger partial charge is 0.494 e. The number of carbonyl (C=O) groups is 2. The first-order valence-electron chi connectivity index (χ1n) is 23.1. The normalized spacial score (nSPS) is 19.3. The number of hydrogen-bond acceptors (Lipinski definition) is 11. The quantitative estimate of drug-likeness (QED) is 0.0523. The first kappa shape index (κ1) is 48.5. The molecule has 3 atom stereocenters. The molecule has 3 aromatic heterocycles. The Labute approximate surface area is 378 Å². The van der Waals surface area contributed by atoms with Crippen LogP contribution in [0.2, 0.25) is 51.4 Å². The topological polar surface area (TPSA) is 133 Å². The van der Waals surface area contributed by atoms with Crippen LogP contribution in [0.3, 0.4) is 0 Å². The highest BCUT2D eigenvalue weighted by molar-refractivity contribution is 6.76. The Morgan fingerprint density at radius 2 is 1.43 bits per heavy atom. The lowest BCUT2D eigenvalue weighted by Gasteiger charge is -2.40. The third-order valence-electron chi connectivity index (χ3n) is 11.6. The van der Waals surface area contributed by atoms with Gasteiger partial charge in [0.15, 0.2) is 5.65 Å². The van der Waals surface area contributed by atoms with Crippen molar-refractivity contribution in [2.45, 2.75) is 174 Å². The first-order valence-corrected chi connectivity index (χ1v) is 30.5. The van der Waals surface area contributed by atoms with E-state index in [0.717, 1.165) is 66.0 Å². The Bertz CT molecular complexity index is 2040. The van der Waals surface area contributed by atoms with Gasteiger partial charge >= 0.3 is 12.2 Å². The van der Waals surface area contributed by atoms with Gasteiger partial charge in [-0.15, -0.1) is 0 Å². The van der Waals surface area contributed by atoms with Crippen LogP contribution in [0.1, 0.15) is 104 Å². The second-order valence-electron chi connectivity index (χ2n) is 22.0. The minimum Gasteiger partial charge on any atom is -0.494 e. The average Bonchev–Trinajstić information content (AvgIpc) is 3.83. The maximum atomic E-state index is 13.6. The lowest BCUT2D eigenvalue weighted by atomic mass is 9.85. The molecule has 6 rings (SSSR count). The second-order valence-corrected chi connectivity index (χ2v) is 33.3. The van der Waals surface area contributed by atoms with Crippen molar-refractivity contribution in [1.82, 2.24) is 24.5 Å². The Morgan fingerprint density at radius 3 is 1.92 bits per heavy atom. The van der Waals surface area contributed by atoms with Gasteiger partial charge in [-0.1, -0.05) is 45.9 Å². The fourth-order valence-corrected chi connectivity index (χ4v) is 9.85. The van der Waals surface area contributed by atoms with Crippen LogP contribution in [0.5, 0.6) is 0 Å². The van der Waals surface area contributed by atoms with Gasteiger partial charge in [0.2, 0.25) is 0 Å². The monoisotopic (exact) mass is 906 g/mol. The maximum Gasteiger partial charge on any atom is 0.416 e. The number of hydrogen-bond donors (Lipinski definition) is 0. The summed E-state index contributed by atoms with van der Waals surface area (Å²) in [5.41, 5.74) is 2.63. The van der Waals surface area contributed by atoms with Crippen LogP contribution in [-0.2, 0) is 23.7 Å². The highest BCUT2D eigenvalue weighted by Crippen LogP contribution is 2.47. The molecule has 2 saturated heterocycles. The fraction of sp³-hybridized carbons (Fsp3) is 0.681. The molecule has 5 heterocycles. The standard InChI is InChI=1S/C47H75N7O7Si2/c1-15-59-32(2)40-41(34-26-36-19-20-37(27-34)52(36)44(55)60-46(3,4)5)50-42-38(33-16-21-39(48-28-33)53(35-17-18-35)45(56)61-47(6,7)8)29-49-54(42)43(40)51(30-57-22-24-62(9,10)11)31-58-23-25-63(12,13)14/h16,21,28-29,34-37H,2,15,17-20,22-27,30-31H2,1,3-14H3/t34?,36-,37+. The third kappa shape index (κ3) is 12.6. The number of rotatable bonds is 18. The zero-order valence-electron chi connectivity index (χ0n) is 40.5. The maximum absolute atomic E-state index is 13.6. The highest BCUT2D eigenvalue weighted by Gasteiger charge is 2.47. The van der Waals surface area contributed by atoms with Crippen LogP contribution in [0.15, 0.2) is 31.1 Å². The van der Waals surface area contributed by atoms with Gasteiger partial charge in [-0.25, -0.2) is 19.6 Å². The van der Waals surface area contributed by atoms with Gasteiger partial charge in [-0.3, -0.25) is 4.90 Å². The number of aromatic nitrogens is 4. The molecule has 348 valence electrons. The van der Waals surface area contributed by atoms with Crippen LogP contribution in [0.4, 0.5) is 21.2 Å². The summed E-state index contributed by atoms with van der Waals surface area (Å²) in [5, 5.41) is 5.05. The van der Waals surface area contributed by atoms with E-state index in [2.05, 4.69) is 50.8 Å². The molecular weight excluding hydrogens is 831 g/mol. The molecule has 3 aliphatic rings. The Kier molecular flexibility index (Phi) is 14.8. The van der Waals surface area contributed by atoms with Crippen molar-refractivity contribution < 1.29 is 33.3 Å². The Balaban J connectivity index is 1.48. The molecule has 0 radical (unpaired) electrons. The molecule has 0 aromatic carbocycles. The third-order valence-corrected chi connectivity index (χ3v) is 15.0. The summed E-state index contributed by atoms with van der Waals surface area (Å²) < 4.78 is 33.0. The summed E-state index contributed by atoms with van der Waals surface area (Å²) in [7, 11) is -2.76. The van der Waals surface area contributed by atoms with Crippen LogP contribution in [0, 0.1) is 0 Å². The first-order chi connectivity index (χ1) is 29.4. The van der Waals surface area contributed by atoms with Gasteiger partial charge in [0.25, 0.3) is 0 Å². The SMILES string of the molecule is C=C(OCC)c1c(C2C[C@H]3CC[C@@H](C2)N3C(=O)OC(C)(C)C)nc2c(-c3ccc(N(C(=O)OC(C)(C)C)C4CC4)nc3)cnn2c1N(COCC[Si](C)(C)C)COCC[Si](C)(C)C. The minimum absolute atomic E-state index is 0.00435. The van der Waals surface area contributed by atoms with E-state index < -0.39 is 33.4 Å². The molecule has 1 saturated carbocycles. The summed E-state index contributed by atoms with van der Waals surface area (Å²) in [5.74, 6) is 1.75. The van der Waals surface area contributed by atoms with Crippen molar-refractivity contribution in [2.24, 2.45) is 0 Å². The molecule has 1 unspecified atom stereocenters. The number of pyridine rings is 1. The number of nitrogens with zero attached hydrogens (tertiary/aromatic N) is 7. The van der Waals surface area contributed by atoms with Crippen LogP contribution >= 0.6 is 0 Å². The molecule has 16 heteroatoms. The molecule has 3 fully saturated rings. The van der Waals surface area contributed by atoms with E-state index in [0.29, 0.717) is 49.9 Å². The zero-order valence-corrected chi connectivity index (χ0v) is 42.5. The number of carbonyl (C=O) groups excluding carboxylic acids is 2. The molecule has 2 amide bonds. The van der Waals surface area contributed by atoms with Crippen molar-refractivity contribution >= 4 is 51.4 Å². The number of fused-ring (bicyclic) bond motifs is 3. The predicted octanol–water partition coefficient (Wildman–Crippen LogP) is 10.8. The van der Waals surface area contributed by atoms with Crippen molar-refractivity contribution in [1.29, 1.82) is 0 Å². The van der Waals surface area contributed by atoms with Gasteiger partial charge in [-0.05, 0) is 111 Å². The van der Waals surface area contributed by atoms with E-state index in [-0.39, 0.29) is 43.6 Å². The van der Waals surface area contributed by atoms with E-state index >= 15 is 0 Å². The molecule has 14 nitrogen and oxygen atoms in total. The molecular formula is C47H75N7O7Si2. The van der Waals surface area contributed by atoms with Crippen LogP contribution in [0.25, 0.3) is 22.5 Å². The Morgan fingerprint density at radius 1 is 0.841 bits per heavy atom. The number of anilines is 2. The summed E-state index contributed by atoms with van der Waals surface area (Å²) in [6.45, 7) is 34.2. The van der Waals surface area contributed by atoms with Crippen molar-refractivity contribution in [3.63, 3.8) is 0 Å². The zero-order chi connectivity index (χ0) is 46.1. The summed E-state index contributed by atoms with van der Waals surface area (Å²) in [6, 6.07) is 5.96. The summed E-state index contributed by atoms with van der Waals surface area (Å²) in [4.78, 5) is 43.2. The highest BCUT2D eigenvalue weighted by atomic mass is 28.3. The second kappa shape index (κ2) is 19.2.